The molecule has 0 aliphatic carbocycles. The van der Waals surface area contributed by atoms with Crippen LogP contribution in [0.1, 0.15) is 18.1 Å². The fourth-order valence-electron chi connectivity index (χ4n) is 3.72. The third-order valence-electron chi connectivity index (χ3n) is 5.96. The van der Waals surface area contributed by atoms with E-state index in [1.807, 2.05) is 13.2 Å². The minimum absolute atomic E-state index is 0.0266. The van der Waals surface area contributed by atoms with Crippen molar-refractivity contribution in [2.24, 2.45) is 0 Å². The lowest BCUT2D eigenvalue weighted by atomic mass is 10.1. The van der Waals surface area contributed by atoms with Crippen LogP contribution >= 0.6 is 11.8 Å². The summed E-state index contributed by atoms with van der Waals surface area (Å²) >= 11 is 1.48. The SMILES string of the molecule is CNC(=O)C(C)N(Cc1ccccc1F)C(=O)CN(c1ccc(C)cc1)S(=O)(=O)c1ccc(SC)cc1. The van der Waals surface area contributed by atoms with E-state index in [4.69, 9.17) is 0 Å². The van der Waals surface area contributed by atoms with Crippen LogP contribution in [-0.4, -0.2) is 51.0 Å². The monoisotopic (exact) mass is 543 g/mol. The predicted octanol–water partition coefficient (Wildman–Crippen LogP) is 4.21. The van der Waals surface area contributed by atoms with Gasteiger partial charge in [0.05, 0.1) is 10.6 Å². The van der Waals surface area contributed by atoms with Gasteiger partial charge < -0.3 is 10.2 Å². The second-order valence-electron chi connectivity index (χ2n) is 8.43. The number of amides is 2. The Labute approximate surface area is 221 Å². The molecule has 0 aliphatic rings. The highest BCUT2D eigenvalue weighted by Crippen LogP contribution is 2.26. The van der Waals surface area contributed by atoms with Crippen LogP contribution in [0.2, 0.25) is 0 Å². The van der Waals surface area contributed by atoms with Crippen LogP contribution in [0, 0.1) is 12.7 Å². The van der Waals surface area contributed by atoms with E-state index in [0.717, 1.165) is 14.8 Å². The van der Waals surface area contributed by atoms with Gasteiger partial charge >= 0.3 is 0 Å². The number of carbonyl (C=O) groups is 2. The molecule has 1 atom stereocenters. The zero-order valence-corrected chi connectivity index (χ0v) is 22.8. The van der Waals surface area contributed by atoms with Crippen molar-refractivity contribution in [3.8, 4) is 0 Å². The molecule has 0 aromatic heterocycles. The van der Waals surface area contributed by atoms with Gasteiger partial charge in [-0.2, -0.15) is 0 Å². The quantitative estimate of drug-likeness (QED) is 0.387. The van der Waals surface area contributed by atoms with E-state index in [0.29, 0.717) is 5.69 Å². The van der Waals surface area contributed by atoms with Crippen LogP contribution in [-0.2, 0) is 26.2 Å². The van der Waals surface area contributed by atoms with E-state index in [1.54, 1.807) is 42.5 Å². The molecule has 7 nitrogen and oxygen atoms in total. The lowest BCUT2D eigenvalue weighted by Gasteiger charge is -2.32. The van der Waals surface area contributed by atoms with Gasteiger partial charge in [-0.15, -0.1) is 11.8 Å². The van der Waals surface area contributed by atoms with Gasteiger partial charge in [-0.05, 0) is 62.6 Å². The Kier molecular flexibility index (Phi) is 9.34. The molecule has 3 rings (SSSR count). The highest BCUT2D eigenvalue weighted by Gasteiger charge is 2.32. The van der Waals surface area contributed by atoms with Crippen molar-refractivity contribution >= 4 is 39.3 Å². The summed E-state index contributed by atoms with van der Waals surface area (Å²) in [5.41, 5.74) is 1.43. The second-order valence-corrected chi connectivity index (χ2v) is 11.2. The fourth-order valence-corrected chi connectivity index (χ4v) is 5.54. The van der Waals surface area contributed by atoms with Crippen molar-refractivity contribution < 1.29 is 22.4 Å². The van der Waals surface area contributed by atoms with Gasteiger partial charge in [0.2, 0.25) is 11.8 Å². The maximum absolute atomic E-state index is 14.5. The van der Waals surface area contributed by atoms with E-state index >= 15 is 0 Å². The van der Waals surface area contributed by atoms with Gasteiger partial charge in [0.25, 0.3) is 10.0 Å². The number of halogens is 1. The molecule has 0 heterocycles. The van der Waals surface area contributed by atoms with Crippen molar-refractivity contribution in [1.29, 1.82) is 0 Å². The molecule has 0 saturated carbocycles. The molecule has 196 valence electrons. The topological polar surface area (TPSA) is 86.8 Å². The average Bonchev–Trinajstić information content (AvgIpc) is 2.90. The second kappa shape index (κ2) is 12.2. The van der Waals surface area contributed by atoms with Crippen molar-refractivity contribution in [2.45, 2.75) is 36.2 Å². The summed E-state index contributed by atoms with van der Waals surface area (Å²) in [5.74, 6) is -1.63. The molecule has 1 unspecified atom stereocenters. The maximum Gasteiger partial charge on any atom is 0.264 e. The van der Waals surface area contributed by atoms with Crippen LogP contribution in [0.3, 0.4) is 0 Å². The highest BCUT2D eigenvalue weighted by atomic mass is 32.2. The summed E-state index contributed by atoms with van der Waals surface area (Å²) in [5, 5.41) is 2.50. The summed E-state index contributed by atoms with van der Waals surface area (Å²) in [6, 6.07) is 18.1. The first-order chi connectivity index (χ1) is 17.6. The first kappa shape index (κ1) is 28.2. The van der Waals surface area contributed by atoms with Crippen LogP contribution in [0.15, 0.2) is 82.6 Å². The summed E-state index contributed by atoms with van der Waals surface area (Å²) < 4.78 is 43.0. The molecule has 10 heteroatoms. The van der Waals surface area contributed by atoms with Crippen molar-refractivity contribution in [3.05, 3.63) is 89.7 Å². The lowest BCUT2D eigenvalue weighted by Crippen LogP contribution is -2.50. The smallest absolute Gasteiger partial charge is 0.264 e. The minimum atomic E-state index is -4.15. The number of likely N-dealkylation sites (N-methyl/N-ethyl adjacent to an activating group) is 1. The summed E-state index contributed by atoms with van der Waals surface area (Å²) in [6.45, 7) is 2.61. The van der Waals surface area contributed by atoms with Gasteiger partial charge in [0.1, 0.15) is 18.4 Å². The van der Waals surface area contributed by atoms with Crippen LogP contribution in [0.4, 0.5) is 10.1 Å². The molecular weight excluding hydrogens is 513 g/mol. The molecule has 37 heavy (non-hydrogen) atoms. The van der Waals surface area contributed by atoms with Crippen molar-refractivity contribution in [1.82, 2.24) is 10.2 Å². The number of hydrogen-bond acceptors (Lipinski definition) is 5. The molecule has 0 saturated heterocycles. The zero-order valence-electron chi connectivity index (χ0n) is 21.1. The molecule has 3 aromatic rings. The van der Waals surface area contributed by atoms with Crippen LogP contribution in [0.5, 0.6) is 0 Å². The molecule has 0 fully saturated rings. The van der Waals surface area contributed by atoms with E-state index in [2.05, 4.69) is 5.32 Å². The first-order valence-electron chi connectivity index (χ1n) is 11.6. The van der Waals surface area contributed by atoms with Crippen molar-refractivity contribution in [3.63, 3.8) is 0 Å². The normalized spacial score (nSPS) is 12.0. The predicted molar refractivity (Wildman–Crippen MR) is 144 cm³/mol. The number of nitrogens with one attached hydrogen (secondary N) is 1. The Hall–Kier alpha value is -3.37. The maximum atomic E-state index is 14.5. The van der Waals surface area contributed by atoms with Crippen molar-refractivity contribution in [2.75, 3.05) is 24.2 Å². The number of aryl methyl sites for hydroxylation is 1. The van der Waals surface area contributed by atoms with E-state index < -0.39 is 40.2 Å². The number of thioether (sulfide) groups is 1. The Bertz CT molecular complexity index is 1350. The molecule has 3 aromatic carbocycles. The van der Waals surface area contributed by atoms with E-state index in [-0.39, 0.29) is 17.0 Å². The standard InChI is InChI=1S/C27H30FN3O4S2/c1-19-9-11-22(12-10-19)31(37(34,35)24-15-13-23(36-4)14-16-24)18-26(32)30(20(2)27(33)29-3)17-21-7-5-6-8-25(21)28/h5-16,20H,17-18H2,1-4H3,(H,29,33). The molecule has 0 radical (unpaired) electrons. The number of nitrogens with zero attached hydrogens (tertiary/aromatic N) is 2. The molecule has 0 aliphatic heterocycles. The number of anilines is 1. The van der Waals surface area contributed by atoms with E-state index in [9.17, 15) is 22.4 Å². The van der Waals surface area contributed by atoms with E-state index in [1.165, 1.54) is 61.0 Å². The zero-order chi connectivity index (χ0) is 27.2. The Morgan fingerprint density at radius 1 is 1.00 bits per heavy atom. The van der Waals surface area contributed by atoms with Crippen LogP contribution < -0.4 is 9.62 Å². The summed E-state index contributed by atoms with van der Waals surface area (Å²) in [4.78, 5) is 28.2. The summed E-state index contributed by atoms with van der Waals surface area (Å²) in [6.07, 6.45) is 1.89. The largest absolute Gasteiger partial charge is 0.357 e. The van der Waals surface area contributed by atoms with Gasteiger partial charge in [-0.1, -0.05) is 35.9 Å². The number of carbonyl (C=O) groups excluding carboxylic acids is 2. The number of rotatable bonds is 10. The number of benzene rings is 3. The Morgan fingerprint density at radius 3 is 2.19 bits per heavy atom. The molecular formula is C27H30FN3O4S2. The Balaban J connectivity index is 2.03. The summed E-state index contributed by atoms with van der Waals surface area (Å²) in [7, 11) is -2.71. The van der Waals surface area contributed by atoms with Gasteiger partial charge in [0.15, 0.2) is 0 Å². The number of hydrogen-bond donors (Lipinski definition) is 1. The number of sulfonamides is 1. The average molecular weight is 544 g/mol. The Morgan fingerprint density at radius 2 is 1.62 bits per heavy atom. The molecule has 2 amide bonds. The molecule has 0 bridgehead atoms. The lowest BCUT2D eigenvalue weighted by molar-refractivity contribution is -0.139. The fraction of sp³-hybridized carbons (Fsp3) is 0.259. The minimum Gasteiger partial charge on any atom is -0.357 e. The molecule has 0 spiro atoms. The third kappa shape index (κ3) is 6.69. The molecule has 1 N–H and O–H groups in total. The highest BCUT2D eigenvalue weighted by molar-refractivity contribution is 7.98. The van der Waals surface area contributed by atoms with Crippen LogP contribution in [0.25, 0.3) is 0 Å². The van der Waals surface area contributed by atoms with Gasteiger partial charge in [0, 0.05) is 24.1 Å². The third-order valence-corrected chi connectivity index (χ3v) is 8.49. The first-order valence-corrected chi connectivity index (χ1v) is 14.2. The van der Waals surface area contributed by atoms with Gasteiger partial charge in [-0.3, -0.25) is 13.9 Å². The van der Waals surface area contributed by atoms with Gasteiger partial charge in [-0.25, -0.2) is 12.8 Å².